The zero-order chi connectivity index (χ0) is 27.9. The van der Waals surface area contributed by atoms with Gasteiger partial charge in [-0.15, -0.1) is 0 Å². The van der Waals surface area contributed by atoms with Crippen LogP contribution in [0.3, 0.4) is 0 Å². The third-order valence-corrected chi connectivity index (χ3v) is 7.55. The molecule has 6 rings (SSSR count). The van der Waals surface area contributed by atoms with Crippen LogP contribution in [0.25, 0.3) is 16.6 Å². The molecule has 3 N–H and O–H groups in total. The van der Waals surface area contributed by atoms with E-state index in [1.54, 1.807) is 17.9 Å². The van der Waals surface area contributed by atoms with Crippen LogP contribution in [0.4, 0.5) is 11.8 Å². The van der Waals surface area contributed by atoms with Crippen molar-refractivity contribution in [1.82, 2.24) is 34.3 Å². The number of fused-ring (bicyclic) bond motifs is 1. The summed E-state index contributed by atoms with van der Waals surface area (Å²) in [6.07, 6.45) is 10.5. The summed E-state index contributed by atoms with van der Waals surface area (Å²) in [6.45, 7) is 9.36. The third-order valence-electron chi connectivity index (χ3n) is 7.55. The second kappa shape index (κ2) is 10.3. The number of aliphatic hydroxyl groups excluding tert-OH is 1. The van der Waals surface area contributed by atoms with Crippen molar-refractivity contribution in [2.75, 3.05) is 36.0 Å². The fourth-order valence-corrected chi connectivity index (χ4v) is 5.14. The van der Waals surface area contributed by atoms with Crippen molar-refractivity contribution in [3.05, 3.63) is 84.3 Å². The Morgan fingerprint density at radius 2 is 1.60 bits per heavy atom. The van der Waals surface area contributed by atoms with E-state index < -0.39 is 11.6 Å². The van der Waals surface area contributed by atoms with Gasteiger partial charge in [-0.25, -0.2) is 19.5 Å². The van der Waals surface area contributed by atoms with Gasteiger partial charge in [0.25, 0.3) is 0 Å². The summed E-state index contributed by atoms with van der Waals surface area (Å²) < 4.78 is 3.61. The Labute approximate surface area is 232 Å². The zero-order valence-electron chi connectivity index (χ0n) is 23.0. The number of hydrogen-bond acceptors (Lipinski definition) is 9. The lowest BCUT2D eigenvalue weighted by Gasteiger charge is -2.35. The van der Waals surface area contributed by atoms with Crippen molar-refractivity contribution >= 4 is 17.3 Å². The highest BCUT2D eigenvalue weighted by atomic mass is 16.3. The molecule has 1 fully saturated rings. The molecule has 1 aliphatic rings. The number of rotatable bonds is 7. The maximum absolute atomic E-state index is 9.66. The fourth-order valence-electron chi connectivity index (χ4n) is 5.14. The molecule has 0 spiro atoms. The quantitative estimate of drug-likeness (QED) is 0.321. The van der Waals surface area contributed by atoms with Crippen molar-refractivity contribution in [3.63, 3.8) is 0 Å². The Bertz CT molecular complexity index is 1600. The van der Waals surface area contributed by atoms with Gasteiger partial charge in [0.05, 0.1) is 24.4 Å². The molecule has 11 heteroatoms. The third kappa shape index (κ3) is 5.01. The predicted octanol–water partition coefficient (Wildman–Crippen LogP) is 2.62. The fraction of sp³-hybridized carbons (Fsp3) is 0.345. The SMILES string of the molecule is Cc1ccc([C@](C)(N)c2cnc(N3CCN(c4ncnn5cc(-c6cnn(C[C@H](C)O)c6)cc45)CC3)nc2)cc1. The minimum absolute atomic E-state index is 0.452. The average molecular weight is 539 g/mol. The van der Waals surface area contributed by atoms with Crippen LogP contribution < -0.4 is 15.5 Å². The number of benzene rings is 1. The first-order valence-corrected chi connectivity index (χ1v) is 13.5. The van der Waals surface area contributed by atoms with Crippen LogP contribution in [0, 0.1) is 6.92 Å². The van der Waals surface area contributed by atoms with E-state index in [0.717, 1.165) is 59.8 Å². The zero-order valence-corrected chi connectivity index (χ0v) is 23.0. The van der Waals surface area contributed by atoms with Crippen molar-refractivity contribution < 1.29 is 5.11 Å². The molecule has 0 aliphatic carbocycles. The minimum atomic E-state index is -0.671. The highest BCUT2D eigenvalue weighted by molar-refractivity contribution is 5.77. The van der Waals surface area contributed by atoms with Gasteiger partial charge in [-0.3, -0.25) is 4.68 Å². The van der Waals surface area contributed by atoms with Gasteiger partial charge in [-0.1, -0.05) is 29.8 Å². The highest BCUT2D eigenvalue weighted by Gasteiger charge is 2.26. The molecule has 206 valence electrons. The van der Waals surface area contributed by atoms with E-state index in [1.807, 2.05) is 42.4 Å². The molecule has 11 nitrogen and oxygen atoms in total. The Morgan fingerprint density at radius 3 is 2.30 bits per heavy atom. The van der Waals surface area contributed by atoms with E-state index in [4.69, 9.17) is 5.73 Å². The number of nitrogens with two attached hydrogens (primary N) is 1. The average Bonchev–Trinajstić information content (AvgIpc) is 3.60. The molecule has 0 unspecified atom stereocenters. The summed E-state index contributed by atoms with van der Waals surface area (Å²) in [6, 6.07) is 10.4. The van der Waals surface area contributed by atoms with Gasteiger partial charge in [-0.2, -0.15) is 10.2 Å². The molecule has 1 aromatic carbocycles. The van der Waals surface area contributed by atoms with Crippen LogP contribution in [0.1, 0.15) is 30.5 Å². The molecular weight excluding hydrogens is 504 g/mol. The number of piperazine rings is 1. The summed E-state index contributed by atoms with van der Waals surface area (Å²) >= 11 is 0. The monoisotopic (exact) mass is 538 g/mol. The Morgan fingerprint density at radius 1 is 0.900 bits per heavy atom. The summed E-state index contributed by atoms with van der Waals surface area (Å²) in [5.41, 5.74) is 12.0. The smallest absolute Gasteiger partial charge is 0.225 e. The first kappa shape index (κ1) is 25.9. The number of aliphatic hydroxyl groups is 1. The first-order valence-electron chi connectivity index (χ1n) is 13.5. The van der Waals surface area contributed by atoms with E-state index in [2.05, 4.69) is 72.2 Å². The van der Waals surface area contributed by atoms with Crippen LogP contribution >= 0.6 is 0 Å². The van der Waals surface area contributed by atoms with Gasteiger partial charge in [-0.05, 0) is 32.4 Å². The van der Waals surface area contributed by atoms with Crippen molar-refractivity contribution in [3.8, 4) is 11.1 Å². The first-order chi connectivity index (χ1) is 19.3. The Balaban J connectivity index is 1.15. The number of aromatic nitrogens is 7. The predicted molar refractivity (Wildman–Crippen MR) is 154 cm³/mol. The van der Waals surface area contributed by atoms with Crippen molar-refractivity contribution in [2.24, 2.45) is 5.73 Å². The summed E-state index contributed by atoms with van der Waals surface area (Å²) in [5.74, 6) is 1.60. The van der Waals surface area contributed by atoms with E-state index in [0.29, 0.717) is 12.5 Å². The van der Waals surface area contributed by atoms with Gasteiger partial charge < -0.3 is 20.6 Å². The molecule has 4 aromatic heterocycles. The lowest BCUT2D eigenvalue weighted by Crippen LogP contribution is -2.47. The number of anilines is 2. The molecule has 1 saturated heterocycles. The topological polar surface area (TPSA) is 127 Å². The molecule has 0 amide bonds. The van der Waals surface area contributed by atoms with E-state index in [-0.39, 0.29) is 0 Å². The van der Waals surface area contributed by atoms with Gasteiger partial charge in [0.2, 0.25) is 5.95 Å². The molecule has 2 atom stereocenters. The largest absolute Gasteiger partial charge is 0.391 e. The molecule has 0 radical (unpaired) electrons. The lowest BCUT2D eigenvalue weighted by atomic mass is 9.87. The molecule has 0 saturated carbocycles. The lowest BCUT2D eigenvalue weighted by molar-refractivity contribution is 0.168. The number of aryl methyl sites for hydroxylation is 1. The van der Waals surface area contributed by atoms with Crippen molar-refractivity contribution in [2.45, 2.75) is 39.0 Å². The van der Waals surface area contributed by atoms with Crippen LogP contribution in [0.2, 0.25) is 0 Å². The summed E-state index contributed by atoms with van der Waals surface area (Å²) in [4.78, 5) is 18.5. The maximum Gasteiger partial charge on any atom is 0.225 e. The molecule has 1 aliphatic heterocycles. The molecule has 5 aromatic rings. The van der Waals surface area contributed by atoms with Crippen LogP contribution in [-0.2, 0) is 12.1 Å². The van der Waals surface area contributed by atoms with Gasteiger partial charge in [0.15, 0.2) is 5.82 Å². The van der Waals surface area contributed by atoms with Crippen LogP contribution in [-0.4, -0.2) is 71.7 Å². The van der Waals surface area contributed by atoms with Crippen LogP contribution in [0.5, 0.6) is 0 Å². The second-order valence-corrected chi connectivity index (χ2v) is 10.8. The normalized spacial score (nSPS) is 16.3. The standard InChI is InChI=1S/C29H34N10O/c1-20-4-6-24(7-5-20)29(3,30)25-14-31-28(32-15-25)37-10-8-36(9-11-37)27-26-12-22(18-39(26)35-19-33-27)23-13-34-38(17-23)16-21(2)40/h4-7,12-15,17-19,21,40H,8-11,16,30H2,1-3H3/t21-,29-/m0/s1. The summed E-state index contributed by atoms with van der Waals surface area (Å²) in [7, 11) is 0. The van der Waals surface area contributed by atoms with E-state index in [9.17, 15) is 5.11 Å². The highest BCUT2D eigenvalue weighted by Crippen LogP contribution is 2.29. The number of hydrogen-bond donors (Lipinski definition) is 2. The van der Waals surface area contributed by atoms with Crippen molar-refractivity contribution in [1.29, 1.82) is 0 Å². The Kier molecular flexibility index (Phi) is 6.68. The van der Waals surface area contributed by atoms with Gasteiger partial charge >= 0.3 is 0 Å². The van der Waals surface area contributed by atoms with Crippen LogP contribution in [0.15, 0.2) is 67.6 Å². The minimum Gasteiger partial charge on any atom is -0.391 e. The Hall–Kier alpha value is -4.35. The number of nitrogens with zero attached hydrogens (tertiary/aromatic N) is 9. The van der Waals surface area contributed by atoms with Gasteiger partial charge in [0.1, 0.15) is 11.8 Å². The van der Waals surface area contributed by atoms with Gasteiger partial charge in [0, 0.05) is 67.7 Å². The maximum atomic E-state index is 9.66. The molecule has 0 bridgehead atoms. The molecular formula is C29H34N10O. The summed E-state index contributed by atoms with van der Waals surface area (Å²) in [5, 5.41) is 18.5. The van der Waals surface area contributed by atoms with E-state index in [1.165, 1.54) is 5.56 Å². The molecule has 5 heterocycles. The molecule has 40 heavy (non-hydrogen) atoms. The van der Waals surface area contributed by atoms with E-state index >= 15 is 0 Å². The second-order valence-electron chi connectivity index (χ2n) is 10.8.